The van der Waals surface area contributed by atoms with E-state index in [-0.39, 0.29) is 30.8 Å². The Kier molecular flexibility index (Phi) is 14.5. The third kappa shape index (κ3) is 10.9. The summed E-state index contributed by atoms with van der Waals surface area (Å²) in [4.78, 5) is 26.9. The smallest absolute Gasteiger partial charge is 0.310 e. The van der Waals surface area contributed by atoms with Crippen molar-refractivity contribution in [2.24, 2.45) is 5.92 Å². The van der Waals surface area contributed by atoms with Crippen molar-refractivity contribution < 1.29 is 18.7 Å². The molecule has 2 aliphatic heterocycles. The van der Waals surface area contributed by atoms with Crippen molar-refractivity contribution >= 4 is 27.7 Å². The molecular weight excluding hydrogens is 523 g/mol. The largest absolute Gasteiger partial charge is 0.460 e. The number of esters is 1. The van der Waals surface area contributed by atoms with Gasteiger partial charge in [-0.2, -0.15) is 0 Å². The number of hydrogen-bond donors (Lipinski definition) is 1. The van der Waals surface area contributed by atoms with Crippen LogP contribution < -0.4 is 5.32 Å². The molecule has 36 heavy (non-hydrogen) atoms. The predicted octanol–water partition coefficient (Wildman–Crippen LogP) is 5.67. The van der Waals surface area contributed by atoms with Crippen molar-refractivity contribution in [1.29, 1.82) is 0 Å². The number of rotatable bonds is 7. The van der Waals surface area contributed by atoms with Crippen LogP contribution in [-0.4, -0.2) is 61.3 Å². The Bertz CT molecular complexity index is 897. The highest BCUT2D eigenvalue weighted by molar-refractivity contribution is 9.08. The van der Waals surface area contributed by atoms with Gasteiger partial charge in [0.1, 0.15) is 11.9 Å². The first kappa shape index (κ1) is 30.1. The lowest BCUT2D eigenvalue weighted by Gasteiger charge is -2.37. The molecule has 0 aromatic heterocycles. The molecule has 2 heterocycles. The summed E-state index contributed by atoms with van der Waals surface area (Å²) < 4.78 is 19.1. The van der Waals surface area contributed by atoms with Crippen LogP contribution in [0.25, 0.3) is 0 Å². The fourth-order valence-corrected chi connectivity index (χ4v) is 4.50. The number of carbonyl (C=O) groups is 2. The van der Waals surface area contributed by atoms with Gasteiger partial charge in [0.2, 0.25) is 0 Å². The Hall–Kier alpha value is -2.09. The number of ether oxygens (including phenoxy) is 1. The fourth-order valence-electron chi connectivity index (χ4n) is 4.50. The van der Waals surface area contributed by atoms with E-state index in [9.17, 15) is 14.0 Å². The van der Waals surface area contributed by atoms with Crippen molar-refractivity contribution in [3.05, 3.63) is 71.5 Å². The van der Waals surface area contributed by atoms with Crippen molar-refractivity contribution in [2.45, 2.75) is 51.6 Å². The molecule has 0 aliphatic carbocycles. The lowest BCUT2D eigenvalue weighted by atomic mass is 9.91. The van der Waals surface area contributed by atoms with Crippen LogP contribution in [0.15, 0.2) is 54.6 Å². The minimum absolute atomic E-state index is 0.121. The summed E-state index contributed by atoms with van der Waals surface area (Å²) in [5, 5.41) is 3.28. The van der Waals surface area contributed by atoms with Crippen LogP contribution in [0.5, 0.6) is 0 Å². The third-order valence-electron chi connectivity index (χ3n) is 6.50. The zero-order chi connectivity index (χ0) is 26.2. The second-order valence-electron chi connectivity index (χ2n) is 9.13. The quantitative estimate of drug-likeness (QED) is 0.268. The average molecular weight is 564 g/mol. The van der Waals surface area contributed by atoms with E-state index in [2.05, 4.69) is 28.2 Å². The summed E-state index contributed by atoms with van der Waals surface area (Å²) in [6.45, 7) is 6.09. The summed E-state index contributed by atoms with van der Waals surface area (Å²) >= 11 is 2.94. The summed E-state index contributed by atoms with van der Waals surface area (Å²) in [7, 11) is 0. The van der Waals surface area contributed by atoms with E-state index in [0.717, 1.165) is 24.9 Å². The first-order valence-electron chi connectivity index (χ1n) is 12.9. The molecule has 2 aromatic carbocycles. The number of nitrogens with zero attached hydrogens (tertiary/aromatic N) is 1. The molecule has 1 N–H and O–H groups in total. The number of benzene rings is 2. The summed E-state index contributed by atoms with van der Waals surface area (Å²) in [5.74, 6) is 1.33. The second-order valence-corrected chi connectivity index (χ2v) is 9.13. The molecule has 2 aliphatic rings. The van der Waals surface area contributed by atoms with Crippen molar-refractivity contribution in [2.75, 3.05) is 38.6 Å². The summed E-state index contributed by atoms with van der Waals surface area (Å²) in [6, 6.07) is 15.3. The maximum atomic E-state index is 13.4. The number of halogens is 2. The van der Waals surface area contributed by atoms with E-state index in [4.69, 9.17) is 4.74 Å². The summed E-state index contributed by atoms with van der Waals surface area (Å²) in [6.07, 6.45) is 6.03. The molecule has 0 radical (unpaired) electrons. The average Bonchev–Trinajstić information content (AvgIpc) is 2.92. The highest BCUT2D eigenvalue weighted by Gasteiger charge is 2.31. The monoisotopic (exact) mass is 562 g/mol. The number of likely N-dealkylation sites (tertiary alicyclic amines) is 1. The van der Waals surface area contributed by atoms with Gasteiger partial charge in [-0.1, -0.05) is 71.7 Å². The Morgan fingerprint density at radius 2 is 1.78 bits per heavy atom. The number of Topliss-reactive ketones (excluding diaryl/α,β-unsaturated/α-hetero) is 1. The van der Waals surface area contributed by atoms with E-state index < -0.39 is 5.82 Å². The van der Waals surface area contributed by atoms with Gasteiger partial charge < -0.3 is 10.1 Å². The molecule has 0 amide bonds. The maximum absolute atomic E-state index is 13.4. The van der Waals surface area contributed by atoms with Crippen molar-refractivity contribution in [3.63, 3.8) is 0 Å². The Morgan fingerprint density at radius 1 is 1.06 bits per heavy atom. The van der Waals surface area contributed by atoms with E-state index in [0.29, 0.717) is 18.0 Å². The molecule has 1 unspecified atom stereocenters. The minimum atomic E-state index is -0.414. The van der Waals surface area contributed by atoms with E-state index in [1.54, 1.807) is 12.1 Å². The number of carbonyl (C=O) groups excluding carboxylic acids is 2. The van der Waals surface area contributed by atoms with Crippen molar-refractivity contribution in [3.8, 4) is 0 Å². The van der Waals surface area contributed by atoms with Gasteiger partial charge in [0.25, 0.3) is 0 Å². The molecule has 2 fully saturated rings. The molecule has 0 saturated carbocycles. The molecule has 198 valence electrons. The van der Waals surface area contributed by atoms with Crippen LogP contribution in [0, 0.1) is 11.7 Å². The Morgan fingerprint density at radius 3 is 2.36 bits per heavy atom. The highest BCUT2D eigenvalue weighted by atomic mass is 79.9. The molecule has 2 aromatic rings. The van der Waals surface area contributed by atoms with Crippen molar-refractivity contribution in [1.82, 2.24) is 10.2 Å². The lowest BCUT2D eigenvalue weighted by molar-refractivity contribution is -0.154. The van der Waals surface area contributed by atoms with Crippen LogP contribution in [0.3, 0.4) is 0 Å². The standard InChI is InChI=1S/C23H26FNO3.C5H11N.CH3Br/c1-2-18-11-12-25(15-21(26)19-9-6-10-20(24)14-19)16-22(18)28-23(27)13-17-7-4-3-5-8-17;1-2-4-6-5-3-1;1-2/h3-10,14,18,22H,2,11-13,15-16H2,1H3;6H,1-5H2;1H3/t18?,22-;;/m0../s1. The lowest BCUT2D eigenvalue weighted by Crippen LogP contribution is -2.47. The van der Waals surface area contributed by atoms with Gasteiger partial charge >= 0.3 is 5.97 Å². The number of hydrogen-bond acceptors (Lipinski definition) is 5. The van der Waals surface area contributed by atoms with Gasteiger partial charge in [0.15, 0.2) is 5.78 Å². The predicted molar refractivity (Wildman–Crippen MR) is 147 cm³/mol. The molecule has 4 rings (SSSR count). The third-order valence-corrected chi connectivity index (χ3v) is 6.50. The van der Waals surface area contributed by atoms with Crippen LogP contribution >= 0.6 is 15.9 Å². The molecule has 2 saturated heterocycles. The van der Waals surface area contributed by atoms with Gasteiger partial charge in [-0.3, -0.25) is 14.5 Å². The molecule has 0 bridgehead atoms. The van der Waals surface area contributed by atoms with Gasteiger partial charge in [0.05, 0.1) is 13.0 Å². The molecule has 2 atom stereocenters. The van der Waals surface area contributed by atoms with E-state index in [1.165, 1.54) is 44.5 Å². The number of alkyl halides is 1. The van der Waals surface area contributed by atoms with Gasteiger partial charge in [-0.15, -0.1) is 0 Å². The Balaban J connectivity index is 0.000000491. The number of piperidine rings is 2. The Labute approximate surface area is 223 Å². The van der Waals surface area contributed by atoms with Gasteiger partial charge in [0, 0.05) is 12.1 Å². The van der Waals surface area contributed by atoms with Crippen LogP contribution in [0.1, 0.15) is 54.9 Å². The van der Waals surface area contributed by atoms with Gasteiger partial charge in [-0.05, 0) is 74.8 Å². The zero-order valence-corrected chi connectivity index (χ0v) is 23.1. The maximum Gasteiger partial charge on any atom is 0.310 e. The minimum Gasteiger partial charge on any atom is -0.460 e. The number of ketones is 1. The topological polar surface area (TPSA) is 58.6 Å². The first-order chi connectivity index (χ1) is 17.5. The molecule has 5 nitrogen and oxygen atoms in total. The van der Waals surface area contributed by atoms with Crippen LogP contribution in [-0.2, 0) is 16.0 Å². The van der Waals surface area contributed by atoms with E-state index >= 15 is 0 Å². The molecule has 7 heteroatoms. The molecular formula is C29H40BrFN2O3. The number of nitrogens with one attached hydrogen (secondary N) is 1. The molecule has 0 spiro atoms. The second kappa shape index (κ2) is 17.4. The fraction of sp³-hybridized carbons (Fsp3) is 0.517. The zero-order valence-electron chi connectivity index (χ0n) is 21.6. The van der Waals surface area contributed by atoms with Crippen LogP contribution in [0.2, 0.25) is 0 Å². The summed E-state index contributed by atoms with van der Waals surface area (Å²) in [5.41, 5.74) is 1.30. The normalized spacial score (nSPS) is 19.7. The van der Waals surface area contributed by atoms with Gasteiger partial charge in [-0.25, -0.2) is 4.39 Å². The van der Waals surface area contributed by atoms with Crippen LogP contribution in [0.4, 0.5) is 4.39 Å². The highest BCUT2D eigenvalue weighted by Crippen LogP contribution is 2.24. The SMILES string of the molecule is C1CCNCC1.CBr.CCC1CCN(CC(=O)c2cccc(F)c2)C[C@@H]1OC(=O)Cc1ccccc1. The van der Waals surface area contributed by atoms with E-state index in [1.807, 2.05) is 41.1 Å². The first-order valence-corrected chi connectivity index (χ1v) is 14.5.